The molecule has 0 spiro atoms. The zero-order valence-electron chi connectivity index (χ0n) is 19.9. The van der Waals surface area contributed by atoms with E-state index in [4.69, 9.17) is 4.74 Å². The third-order valence-electron chi connectivity index (χ3n) is 8.06. The normalized spacial score (nSPS) is 24.7. The van der Waals surface area contributed by atoms with E-state index in [1.165, 1.54) is 68.6 Å². The van der Waals surface area contributed by atoms with Crippen LogP contribution in [0.15, 0.2) is 60.7 Å². The Morgan fingerprint density at radius 1 is 0.844 bits per heavy atom. The third-order valence-corrected chi connectivity index (χ3v) is 8.06. The van der Waals surface area contributed by atoms with Crippen molar-refractivity contribution in [3.05, 3.63) is 66.2 Å². The number of carbonyl (C=O) groups is 1. The van der Waals surface area contributed by atoms with Crippen LogP contribution < -0.4 is 4.74 Å². The number of hydrogen-bond donors (Lipinski definition) is 0. The summed E-state index contributed by atoms with van der Waals surface area (Å²) in [7, 11) is 0. The van der Waals surface area contributed by atoms with Crippen molar-refractivity contribution in [1.82, 2.24) is 0 Å². The second-order valence-electron chi connectivity index (χ2n) is 10.1. The minimum atomic E-state index is -0.305. The number of hydrogen-bond acceptors (Lipinski definition) is 2. The van der Waals surface area contributed by atoms with Gasteiger partial charge in [-0.05, 0) is 91.0 Å². The Morgan fingerprint density at radius 2 is 1.44 bits per heavy atom. The summed E-state index contributed by atoms with van der Waals surface area (Å²) in [5.74, 6) is 0.287. The Kier molecular flexibility index (Phi) is 7.18. The second kappa shape index (κ2) is 10.1. The number of esters is 1. The van der Waals surface area contributed by atoms with E-state index in [0.717, 1.165) is 24.8 Å². The Bertz CT molecular complexity index is 896. The largest absolute Gasteiger partial charge is 0.423 e. The van der Waals surface area contributed by atoms with E-state index < -0.39 is 0 Å². The van der Waals surface area contributed by atoms with Gasteiger partial charge >= 0.3 is 5.97 Å². The van der Waals surface area contributed by atoms with Gasteiger partial charge in [0.15, 0.2) is 0 Å². The van der Waals surface area contributed by atoms with Crippen LogP contribution in [0.3, 0.4) is 0 Å². The van der Waals surface area contributed by atoms with Crippen molar-refractivity contribution in [2.24, 2.45) is 5.41 Å². The lowest BCUT2D eigenvalue weighted by molar-refractivity contribution is -0.129. The van der Waals surface area contributed by atoms with Gasteiger partial charge in [0.2, 0.25) is 0 Å². The van der Waals surface area contributed by atoms with Gasteiger partial charge in [-0.1, -0.05) is 75.6 Å². The SMILES string of the molecule is CCCCC=CC(=O)Oc1ccc(-c2ccc(C34CCC(CCC)(CC3)CC4)cc2)cc1. The molecule has 0 heterocycles. The predicted molar refractivity (Wildman–Crippen MR) is 133 cm³/mol. The summed E-state index contributed by atoms with van der Waals surface area (Å²) in [5, 5.41) is 0. The number of ether oxygens (including phenoxy) is 1. The van der Waals surface area contributed by atoms with Gasteiger partial charge in [-0.15, -0.1) is 0 Å². The number of fused-ring (bicyclic) bond motifs is 3. The van der Waals surface area contributed by atoms with Crippen LogP contribution in [-0.4, -0.2) is 5.97 Å². The smallest absolute Gasteiger partial charge is 0.335 e. The maximum Gasteiger partial charge on any atom is 0.335 e. The Balaban J connectivity index is 1.37. The van der Waals surface area contributed by atoms with Crippen molar-refractivity contribution >= 4 is 5.97 Å². The highest BCUT2D eigenvalue weighted by Crippen LogP contribution is 2.59. The van der Waals surface area contributed by atoms with Crippen molar-refractivity contribution < 1.29 is 9.53 Å². The van der Waals surface area contributed by atoms with E-state index in [2.05, 4.69) is 38.1 Å². The summed E-state index contributed by atoms with van der Waals surface area (Å²) >= 11 is 0. The molecule has 0 aromatic heterocycles. The maximum absolute atomic E-state index is 11.9. The lowest BCUT2D eigenvalue weighted by Crippen LogP contribution is -2.44. The van der Waals surface area contributed by atoms with E-state index in [0.29, 0.717) is 16.6 Å². The van der Waals surface area contributed by atoms with E-state index in [1.807, 2.05) is 30.3 Å². The van der Waals surface area contributed by atoms with Gasteiger partial charge in [0.25, 0.3) is 0 Å². The van der Waals surface area contributed by atoms with Gasteiger partial charge in [0, 0.05) is 6.08 Å². The number of unbranched alkanes of at least 4 members (excludes halogenated alkanes) is 2. The summed E-state index contributed by atoms with van der Waals surface area (Å²) in [4.78, 5) is 11.9. The van der Waals surface area contributed by atoms with E-state index in [1.54, 1.807) is 0 Å². The van der Waals surface area contributed by atoms with Crippen LogP contribution in [0.4, 0.5) is 0 Å². The zero-order chi connectivity index (χ0) is 22.4. The molecule has 0 saturated heterocycles. The Morgan fingerprint density at radius 3 is 2.00 bits per heavy atom. The molecule has 3 aliphatic rings. The van der Waals surface area contributed by atoms with Gasteiger partial charge in [0.05, 0.1) is 0 Å². The van der Waals surface area contributed by atoms with Crippen LogP contribution in [0.2, 0.25) is 0 Å². The highest BCUT2D eigenvalue weighted by Gasteiger charge is 2.48. The zero-order valence-corrected chi connectivity index (χ0v) is 19.9. The molecule has 0 unspecified atom stereocenters. The fraction of sp³-hybridized carbons (Fsp3) is 0.500. The molecule has 5 rings (SSSR count). The Hall–Kier alpha value is -2.35. The molecule has 2 aromatic carbocycles. The number of carbonyl (C=O) groups excluding carboxylic acids is 1. The first kappa shape index (κ1) is 22.8. The minimum Gasteiger partial charge on any atom is -0.423 e. The first-order chi connectivity index (χ1) is 15.6. The van der Waals surface area contributed by atoms with Crippen LogP contribution in [0.1, 0.15) is 90.0 Å². The van der Waals surface area contributed by atoms with Crippen molar-refractivity contribution in [3.8, 4) is 16.9 Å². The van der Waals surface area contributed by atoms with Gasteiger partial charge in [0.1, 0.15) is 5.75 Å². The molecule has 0 atom stereocenters. The van der Waals surface area contributed by atoms with Gasteiger partial charge in [-0.3, -0.25) is 0 Å². The quantitative estimate of drug-likeness (QED) is 0.173. The molecule has 3 aliphatic carbocycles. The lowest BCUT2D eigenvalue weighted by atomic mass is 9.51. The van der Waals surface area contributed by atoms with Crippen molar-refractivity contribution in [2.45, 2.75) is 89.9 Å². The van der Waals surface area contributed by atoms with Crippen LogP contribution in [-0.2, 0) is 10.2 Å². The number of allylic oxidation sites excluding steroid dienone is 1. The van der Waals surface area contributed by atoms with E-state index in [-0.39, 0.29) is 5.97 Å². The van der Waals surface area contributed by atoms with E-state index in [9.17, 15) is 4.79 Å². The molecule has 32 heavy (non-hydrogen) atoms. The summed E-state index contributed by atoms with van der Waals surface area (Å²) in [6, 6.07) is 17.1. The van der Waals surface area contributed by atoms with Crippen LogP contribution >= 0.6 is 0 Å². The third kappa shape index (κ3) is 5.00. The molecule has 3 fully saturated rings. The number of benzene rings is 2. The molecular formula is C30H38O2. The standard InChI is InChI=1S/C30H38O2/c1-3-5-6-7-8-28(31)32-27-15-11-25(12-16-27)24-9-13-26(14-10-24)30-21-18-29(17-4-2,19-22-30)20-23-30/h7-16H,3-6,17-23H2,1-2H3. The Labute approximate surface area is 194 Å². The fourth-order valence-electron chi connectivity index (χ4n) is 5.99. The highest BCUT2D eigenvalue weighted by molar-refractivity contribution is 5.84. The summed E-state index contributed by atoms with van der Waals surface area (Å²) in [6.45, 7) is 4.48. The van der Waals surface area contributed by atoms with Crippen molar-refractivity contribution in [1.29, 1.82) is 0 Å². The molecular weight excluding hydrogens is 392 g/mol. The summed E-state index contributed by atoms with van der Waals surface area (Å²) < 4.78 is 5.42. The molecule has 0 aliphatic heterocycles. The molecule has 2 heteroatoms. The first-order valence-electron chi connectivity index (χ1n) is 12.7. The van der Waals surface area contributed by atoms with Gasteiger partial charge in [-0.2, -0.15) is 0 Å². The average molecular weight is 431 g/mol. The van der Waals surface area contributed by atoms with Gasteiger partial charge < -0.3 is 4.74 Å². The summed E-state index contributed by atoms with van der Waals surface area (Å²) in [6.07, 6.45) is 17.6. The highest BCUT2D eigenvalue weighted by atomic mass is 16.5. The molecule has 0 radical (unpaired) electrons. The average Bonchev–Trinajstić information content (AvgIpc) is 2.84. The monoisotopic (exact) mass is 430 g/mol. The van der Waals surface area contributed by atoms with Crippen molar-refractivity contribution in [2.75, 3.05) is 0 Å². The molecule has 170 valence electrons. The van der Waals surface area contributed by atoms with Crippen molar-refractivity contribution in [3.63, 3.8) is 0 Å². The molecule has 2 nitrogen and oxygen atoms in total. The maximum atomic E-state index is 11.9. The molecule has 2 aromatic rings. The predicted octanol–water partition coefficient (Wildman–Crippen LogP) is 8.40. The van der Waals surface area contributed by atoms with Crippen LogP contribution in [0.5, 0.6) is 5.75 Å². The molecule has 3 saturated carbocycles. The number of rotatable bonds is 9. The molecule has 2 bridgehead atoms. The minimum absolute atomic E-state index is 0.305. The fourth-order valence-corrected chi connectivity index (χ4v) is 5.99. The summed E-state index contributed by atoms with van der Waals surface area (Å²) in [5.41, 5.74) is 4.98. The molecule has 0 amide bonds. The second-order valence-corrected chi connectivity index (χ2v) is 10.1. The molecule has 0 N–H and O–H groups in total. The van der Waals surface area contributed by atoms with Crippen LogP contribution in [0, 0.1) is 5.41 Å². The van der Waals surface area contributed by atoms with E-state index >= 15 is 0 Å². The topological polar surface area (TPSA) is 26.3 Å². The van der Waals surface area contributed by atoms with Gasteiger partial charge in [-0.25, -0.2) is 4.79 Å². The first-order valence-corrected chi connectivity index (χ1v) is 12.7. The lowest BCUT2D eigenvalue weighted by Gasteiger charge is -2.54. The van der Waals surface area contributed by atoms with Crippen LogP contribution in [0.25, 0.3) is 11.1 Å².